The molecule has 6 nitrogen and oxygen atoms in total. The lowest BCUT2D eigenvalue weighted by atomic mass is 10.2. The molecule has 0 bridgehead atoms. The normalized spacial score (nSPS) is 22.3. The van der Waals surface area contributed by atoms with Crippen molar-refractivity contribution in [2.24, 2.45) is 4.99 Å². The molecular formula is C20H32N4O2S. The maximum absolute atomic E-state index is 11.6. The van der Waals surface area contributed by atoms with Crippen LogP contribution in [0.4, 0.5) is 0 Å². The van der Waals surface area contributed by atoms with E-state index >= 15 is 0 Å². The second-order valence-corrected chi connectivity index (χ2v) is 9.69. The molecule has 7 heteroatoms. The van der Waals surface area contributed by atoms with Crippen LogP contribution in [0.3, 0.4) is 0 Å². The Morgan fingerprint density at radius 2 is 1.89 bits per heavy atom. The minimum atomic E-state index is -3.15. The van der Waals surface area contributed by atoms with Gasteiger partial charge in [0.2, 0.25) is 0 Å². The van der Waals surface area contributed by atoms with Gasteiger partial charge in [-0.1, -0.05) is 25.0 Å². The number of nitrogens with one attached hydrogen (secondary N) is 2. The highest BCUT2D eigenvalue weighted by Crippen LogP contribution is 2.26. The van der Waals surface area contributed by atoms with Crippen LogP contribution in [0.5, 0.6) is 0 Å². The van der Waals surface area contributed by atoms with E-state index in [2.05, 4.69) is 27.4 Å². The van der Waals surface area contributed by atoms with Gasteiger partial charge < -0.3 is 10.6 Å². The van der Waals surface area contributed by atoms with E-state index in [0.29, 0.717) is 17.5 Å². The molecule has 0 aromatic heterocycles. The van der Waals surface area contributed by atoms with Gasteiger partial charge >= 0.3 is 0 Å². The lowest BCUT2D eigenvalue weighted by Crippen LogP contribution is -2.45. The van der Waals surface area contributed by atoms with Gasteiger partial charge in [0.1, 0.15) is 0 Å². The van der Waals surface area contributed by atoms with Gasteiger partial charge in [0, 0.05) is 38.0 Å². The molecule has 1 heterocycles. The van der Waals surface area contributed by atoms with E-state index in [1.165, 1.54) is 38.5 Å². The summed E-state index contributed by atoms with van der Waals surface area (Å²) < 4.78 is 23.1. The first-order valence-corrected chi connectivity index (χ1v) is 11.9. The minimum Gasteiger partial charge on any atom is -0.357 e. The van der Waals surface area contributed by atoms with Gasteiger partial charge in [0.05, 0.1) is 11.4 Å². The summed E-state index contributed by atoms with van der Waals surface area (Å²) in [7, 11) is -3.15. The predicted molar refractivity (Wildman–Crippen MR) is 110 cm³/mol. The molecule has 1 saturated carbocycles. The van der Waals surface area contributed by atoms with Gasteiger partial charge in [-0.25, -0.2) is 13.4 Å². The summed E-state index contributed by atoms with van der Waals surface area (Å²) in [4.78, 5) is 7.67. The minimum absolute atomic E-state index is 0.346. The van der Waals surface area contributed by atoms with Crippen LogP contribution in [-0.4, -0.2) is 57.3 Å². The molecule has 1 aliphatic carbocycles. The number of likely N-dealkylation sites (tertiary alicyclic amines) is 1. The van der Waals surface area contributed by atoms with Crippen LogP contribution in [0, 0.1) is 0 Å². The largest absolute Gasteiger partial charge is 0.357 e. The number of hydrogen-bond acceptors (Lipinski definition) is 4. The zero-order chi connectivity index (χ0) is 19.3. The monoisotopic (exact) mass is 392 g/mol. The first-order valence-electron chi connectivity index (χ1n) is 10.0. The fourth-order valence-electron chi connectivity index (χ4n) is 4.03. The van der Waals surface area contributed by atoms with Crippen LogP contribution in [-0.2, 0) is 16.4 Å². The van der Waals surface area contributed by atoms with Crippen molar-refractivity contribution in [3.05, 3.63) is 29.8 Å². The third-order valence-electron chi connectivity index (χ3n) is 5.52. The van der Waals surface area contributed by atoms with E-state index in [9.17, 15) is 8.42 Å². The van der Waals surface area contributed by atoms with Gasteiger partial charge in [-0.3, -0.25) is 4.90 Å². The first-order chi connectivity index (χ1) is 13.0. The smallest absolute Gasteiger partial charge is 0.191 e. The first kappa shape index (κ1) is 20.1. The van der Waals surface area contributed by atoms with Crippen LogP contribution < -0.4 is 10.6 Å². The zero-order valence-electron chi connectivity index (χ0n) is 16.4. The quantitative estimate of drug-likeness (QED) is 0.573. The Bertz CT molecular complexity index is 740. The number of rotatable bonds is 6. The van der Waals surface area contributed by atoms with Crippen molar-refractivity contribution in [2.45, 2.75) is 62.6 Å². The Morgan fingerprint density at radius 3 is 2.52 bits per heavy atom. The number of sulfone groups is 1. The summed E-state index contributed by atoms with van der Waals surface area (Å²) in [5, 5.41) is 6.90. The Balaban J connectivity index is 1.56. The van der Waals surface area contributed by atoms with Gasteiger partial charge in [0.25, 0.3) is 0 Å². The predicted octanol–water partition coefficient (Wildman–Crippen LogP) is 2.16. The van der Waals surface area contributed by atoms with Crippen LogP contribution >= 0.6 is 0 Å². The third kappa shape index (κ3) is 5.69. The van der Waals surface area contributed by atoms with Crippen molar-refractivity contribution in [1.82, 2.24) is 15.5 Å². The molecule has 150 valence electrons. The summed E-state index contributed by atoms with van der Waals surface area (Å²) in [6.45, 7) is 5.68. The molecule has 1 aromatic carbocycles. The van der Waals surface area contributed by atoms with E-state index in [1.807, 2.05) is 12.1 Å². The number of aliphatic imine (C=N–C) groups is 1. The zero-order valence-corrected chi connectivity index (χ0v) is 17.3. The SMILES string of the molecule is CCNC(=NCc1ccc(S(C)(=O)=O)cc1)NC1CCN(C2CCCC2)C1. The Kier molecular flexibility index (Phi) is 6.76. The van der Waals surface area contributed by atoms with Crippen LogP contribution in [0.1, 0.15) is 44.6 Å². The lowest BCUT2D eigenvalue weighted by Gasteiger charge is -2.24. The van der Waals surface area contributed by atoms with Crippen molar-refractivity contribution in [3.63, 3.8) is 0 Å². The van der Waals surface area contributed by atoms with Crippen LogP contribution in [0.2, 0.25) is 0 Å². The standard InChI is InChI=1S/C20H32N4O2S/c1-3-21-20(22-14-16-8-10-19(11-9-16)27(2,25)26)23-17-12-13-24(15-17)18-6-4-5-7-18/h8-11,17-18H,3-7,12-15H2,1-2H3,(H2,21,22,23). The molecule has 1 aliphatic heterocycles. The maximum atomic E-state index is 11.6. The highest BCUT2D eigenvalue weighted by Gasteiger charge is 2.30. The van der Waals surface area contributed by atoms with E-state index in [0.717, 1.165) is 37.1 Å². The number of guanidine groups is 1. The molecule has 2 N–H and O–H groups in total. The topological polar surface area (TPSA) is 73.8 Å². The molecule has 2 aliphatic rings. The second kappa shape index (κ2) is 9.06. The fraction of sp³-hybridized carbons (Fsp3) is 0.650. The number of hydrogen-bond donors (Lipinski definition) is 2. The molecule has 1 atom stereocenters. The van der Waals surface area contributed by atoms with Gasteiger partial charge in [-0.05, 0) is 43.9 Å². The average Bonchev–Trinajstić information content (AvgIpc) is 3.31. The highest BCUT2D eigenvalue weighted by molar-refractivity contribution is 7.90. The second-order valence-electron chi connectivity index (χ2n) is 7.67. The third-order valence-corrected chi connectivity index (χ3v) is 6.65. The van der Waals surface area contributed by atoms with Crippen molar-refractivity contribution in [3.8, 4) is 0 Å². The Hall–Kier alpha value is -1.60. The van der Waals surface area contributed by atoms with E-state index in [1.54, 1.807) is 12.1 Å². The lowest BCUT2D eigenvalue weighted by molar-refractivity contribution is 0.242. The summed E-state index contributed by atoms with van der Waals surface area (Å²) in [6.07, 6.45) is 7.84. The van der Waals surface area contributed by atoms with Gasteiger partial charge in [0.15, 0.2) is 15.8 Å². The summed E-state index contributed by atoms with van der Waals surface area (Å²) in [5.74, 6) is 0.836. The fourth-order valence-corrected chi connectivity index (χ4v) is 4.66. The van der Waals surface area contributed by atoms with Crippen LogP contribution in [0.15, 0.2) is 34.2 Å². The molecule has 3 rings (SSSR count). The van der Waals surface area contributed by atoms with Crippen molar-refractivity contribution < 1.29 is 8.42 Å². The molecule has 1 unspecified atom stereocenters. The van der Waals surface area contributed by atoms with E-state index in [4.69, 9.17) is 0 Å². The number of benzene rings is 1. The molecular weight excluding hydrogens is 360 g/mol. The molecule has 2 fully saturated rings. The van der Waals surface area contributed by atoms with Crippen molar-refractivity contribution in [2.75, 3.05) is 25.9 Å². The molecule has 0 spiro atoms. The molecule has 1 saturated heterocycles. The summed E-state index contributed by atoms with van der Waals surface area (Å²) in [6, 6.07) is 8.19. The highest BCUT2D eigenvalue weighted by atomic mass is 32.2. The Labute approximate surface area is 163 Å². The summed E-state index contributed by atoms with van der Waals surface area (Å²) >= 11 is 0. The van der Waals surface area contributed by atoms with Crippen molar-refractivity contribution in [1.29, 1.82) is 0 Å². The van der Waals surface area contributed by atoms with E-state index in [-0.39, 0.29) is 0 Å². The van der Waals surface area contributed by atoms with Crippen molar-refractivity contribution >= 4 is 15.8 Å². The summed E-state index contributed by atoms with van der Waals surface area (Å²) in [5.41, 5.74) is 0.999. The Morgan fingerprint density at radius 1 is 1.19 bits per heavy atom. The average molecular weight is 393 g/mol. The van der Waals surface area contributed by atoms with Crippen LogP contribution in [0.25, 0.3) is 0 Å². The molecule has 27 heavy (non-hydrogen) atoms. The van der Waals surface area contributed by atoms with Gasteiger partial charge in [-0.15, -0.1) is 0 Å². The van der Waals surface area contributed by atoms with E-state index < -0.39 is 9.84 Å². The maximum Gasteiger partial charge on any atom is 0.191 e. The molecule has 0 amide bonds. The number of nitrogens with zero attached hydrogens (tertiary/aromatic N) is 2. The molecule has 1 aromatic rings. The molecule has 0 radical (unpaired) electrons. The van der Waals surface area contributed by atoms with Gasteiger partial charge in [-0.2, -0.15) is 0 Å².